The van der Waals surface area contributed by atoms with Gasteiger partial charge in [-0.2, -0.15) is 4.31 Å². The molecule has 2 aromatic carbocycles. The summed E-state index contributed by atoms with van der Waals surface area (Å²) in [7, 11) is -2.12. The molecule has 0 spiro atoms. The number of hydrogen-bond donors (Lipinski definition) is 2. The van der Waals surface area contributed by atoms with Crippen molar-refractivity contribution in [2.24, 2.45) is 0 Å². The molecule has 0 atom stereocenters. The van der Waals surface area contributed by atoms with Crippen LogP contribution in [-0.2, 0) is 14.8 Å². The second-order valence-electron chi connectivity index (χ2n) is 6.60. The van der Waals surface area contributed by atoms with Gasteiger partial charge in [0.15, 0.2) is 0 Å². The molecule has 0 saturated heterocycles. The van der Waals surface area contributed by atoms with Gasteiger partial charge in [0.1, 0.15) is 0 Å². The molecular formula is C21H23N3O4S. The lowest BCUT2D eigenvalue weighted by Gasteiger charge is -2.21. The van der Waals surface area contributed by atoms with Crippen molar-refractivity contribution >= 4 is 27.5 Å². The fourth-order valence-corrected chi connectivity index (χ4v) is 3.74. The maximum absolute atomic E-state index is 12.4. The lowest BCUT2D eigenvalue weighted by Crippen LogP contribution is -2.33. The summed E-state index contributed by atoms with van der Waals surface area (Å²) in [5.74, 6) is 1.57. The van der Waals surface area contributed by atoms with Crippen molar-refractivity contribution in [2.75, 3.05) is 18.9 Å². The first-order chi connectivity index (χ1) is 13.6. The first-order valence-electron chi connectivity index (χ1n) is 8.88. The maximum Gasteiger partial charge on any atom is 0.251 e. The summed E-state index contributed by atoms with van der Waals surface area (Å²) in [5, 5.41) is 5.14. The largest absolute Gasteiger partial charge is 0.343 e. The monoisotopic (exact) mass is 413 g/mol. The van der Waals surface area contributed by atoms with Gasteiger partial charge in [-0.05, 0) is 56.3 Å². The summed E-state index contributed by atoms with van der Waals surface area (Å²) in [6.45, 7) is 3.30. The highest BCUT2D eigenvalue weighted by molar-refractivity contribution is 7.89. The molecule has 7 nitrogen and oxygen atoms in total. The number of hydrogen-bond acceptors (Lipinski definition) is 4. The first kappa shape index (κ1) is 22.1. The smallest absolute Gasteiger partial charge is 0.251 e. The number of amides is 2. The zero-order chi connectivity index (χ0) is 21.6. The number of benzene rings is 2. The Morgan fingerprint density at radius 2 is 1.79 bits per heavy atom. The number of anilines is 1. The van der Waals surface area contributed by atoms with Gasteiger partial charge in [-0.3, -0.25) is 9.59 Å². The summed E-state index contributed by atoms with van der Waals surface area (Å²) in [6, 6.07) is 12.2. The molecule has 0 unspecified atom stereocenters. The maximum atomic E-state index is 12.4. The first-order valence-corrected chi connectivity index (χ1v) is 10.3. The van der Waals surface area contributed by atoms with Crippen molar-refractivity contribution in [1.82, 2.24) is 9.62 Å². The van der Waals surface area contributed by atoms with Crippen LogP contribution in [0, 0.1) is 12.3 Å². The van der Waals surface area contributed by atoms with Gasteiger partial charge in [-0.25, -0.2) is 8.42 Å². The van der Waals surface area contributed by atoms with Gasteiger partial charge in [0.05, 0.1) is 11.4 Å². The average molecular weight is 413 g/mol. The number of carbonyl (C=O) groups excluding carboxylic acids is 2. The van der Waals surface area contributed by atoms with Gasteiger partial charge in [0, 0.05) is 29.9 Å². The van der Waals surface area contributed by atoms with E-state index < -0.39 is 21.8 Å². The molecule has 0 bridgehead atoms. The summed E-state index contributed by atoms with van der Waals surface area (Å²) in [6.07, 6.45) is 5.32. The third-order valence-corrected chi connectivity index (χ3v) is 6.29. The second-order valence-corrected chi connectivity index (χ2v) is 8.59. The SMILES string of the molecule is C#Cc1cccc(NC(=O)CNC(=O)c2ccc(S(=O)(=O)N(C)C(C)C)cc2)c1. The molecule has 0 saturated carbocycles. The fraction of sp³-hybridized carbons (Fsp3) is 0.238. The van der Waals surface area contributed by atoms with Crippen molar-refractivity contribution in [3.05, 3.63) is 59.7 Å². The molecule has 0 aromatic heterocycles. The lowest BCUT2D eigenvalue weighted by atomic mass is 10.2. The molecule has 2 N–H and O–H groups in total. The van der Waals surface area contributed by atoms with Gasteiger partial charge in [0.2, 0.25) is 15.9 Å². The van der Waals surface area contributed by atoms with Gasteiger partial charge in [-0.1, -0.05) is 12.0 Å². The molecule has 0 aliphatic heterocycles. The quantitative estimate of drug-likeness (QED) is 0.679. The molecule has 2 amide bonds. The van der Waals surface area contributed by atoms with E-state index in [0.29, 0.717) is 11.3 Å². The summed E-state index contributed by atoms with van der Waals surface area (Å²) in [4.78, 5) is 24.3. The van der Waals surface area contributed by atoms with E-state index in [1.165, 1.54) is 35.6 Å². The number of terminal acetylenes is 1. The van der Waals surface area contributed by atoms with Crippen LogP contribution < -0.4 is 10.6 Å². The van der Waals surface area contributed by atoms with Crippen LogP contribution in [0.4, 0.5) is 5.69 Å². The Bertz CT molecular complexity index is 1040. The molecule has 0 fully saturated rings. The standard InChI is InChI=1S/C21H23N3O4S/c1-5-16-7-6-8-18(13-16)23-20(25)14-22-21(26)17-9-11-19(12-10-17)29(27,28)24(4)15(2)3/h1,6-13,15H,14H2,2-4H3,(H,22,26)(H,23,25). The number of rotatable bonds is 7. The highest BCUT2D eigenvalue weighted by atomic mass is 32.2. The van der Waals surface area contributed by atoms with Crippen molar-refractivity contribution < 1.29 is 18.0 Å². The highest BCUT2D eigenvalue weighted by Gasteiger charge is 2.23. The van der Waals surface area contributed by atoms with Gasteiger partial charge >= 0.3 is 0 Å². The average Bonchev–Trinajstić information content (AvgIpc) is 2.71. The number of nitrogens with one attached hydrogen (secondary N) is 2. The summed E-state index contributed by atoms with van der Waals surface area (Å²) in [5.41, 5.74) is 1.41. The molecule has 0 aliphatic rings. The Morgan fingerprint density at radius 3 is 2.38 bits per heavy atom. The molecule has 29 heavy (non-hydrogen) atoms. The lowest BCUT2D eigenvalue weighted by molar-refractivity contribution is -0.115. The Morgan fingerprint density at radius 1 is 1.14 bits per heavy atom. The van der Waals surface area contributed by atoms with E-state index in [1.807, 2.05) is 0 Å². The van der Waals surface area contributed by atoms with Crippen LogP contribution in [0.2, 0.25) is 0 Å². The van der Waals surface area contributed by atoms with Crippen molar-refractivity contribution in [2.45, 2.75) is 24.8 Å². The van der Waals surface area contributed by atoms with Crippen molar-refractivity contribution in [3.63, 3.8) is 0 Å². The van der Waals surface area contributed by atoms with Gasteiger partial charge in [0.25, 0.3) is 5.91 Å². The molecule has 2 aromatic rings. The van der Waals surface area contributed by atoms with E-state index in [2.05, 4.69) is 16.6 Å². The minimum absolute atomic E-state index is 0.0939. The molecule has 152 valence electrons. The van der Waals surface area contributed by atoms with E-state index in [9.17, 15) is 18.0 Å². The zero-order valence-corrected chi connectivity index (χ0v) is 17.3. The number of sulfonamides is 1. The van der Waals surface area contributed by atoms with Gasteiger partial charge in [-0.15, -0.1) is 6.42 Å². The van der Waals surface area contributed by atoms with Crippen molar-refractivity contribution in [3.8, 4) is 12.3 Å². The Hall–Kier alpha value is -3.15. The van der Waals surface area contributed by atoms with E-state index in [1.54, 1.807) is 38.1 Å². The molecular weight excluding hydrogens is 390 g/mol. The van der Waals surface area contributed by atoms with E-state index in [-0.39, 0.29) is 23.0 Å². The van der Waals surface area contributed by atoms with Crippen LogP contribution in [0.5, 0.6) is 0 Å². The number of carbonyl (C=O) groups is 2. The van der Waals surface area contributed by atoms with Crippen LogP contribution in [0.15, 0.2) is 53.4 Å². The highest BCUT2D eigenvalue weighted by Crippen LogP contribution is 2.17. The predicted octanol–water partition coefficient (Wildman–Crippen LogP) is 2.07. The van der Waals surface area contributed by atoms with E-state index in [4.69, 9.17) is 6.42 Å². The van der Waals surface area contributed by atoms with Crippen LogP contribution >= 0.6 is 0 Å². The Labute approximate surface area is 171 Å². The normalized spacial score (nSPS) is 11.2. The summed E-state index contributed by atoms with van der Waals surface area (Å²) >= 11 is 0. The molecule has 0 heterocycles. The zero-order valence-electron chi connectivity index (χ0n) is 16.5. The van der Waals surface area contributed by atoms with Gasteiger partial charge < -0.3 is 10.6 Å². The molecule has 2 rings (SSSR count). The fourth-order valence-electron chi connectivity index (χ4n) is 2.38. The Kier molecular flexibility index (Phi) is 7.15. The third-order valence-electron chi connectivity index (χ3n) is 4.24. The molecule has 0 radical (unpaired) electrons. The van der Waals surface area contributed by atoms with E-state index >= 15 is 0 Å². The minimum atomic E-state index is -3.62. The summed E-state index contributed by atoms with van der Waals surface area (Å²) < 4.78 is 26.2. The van der Waals surface area contributed by atoms with Crippen LogP contribution in [0.25, 0.3) is 0 Å². The molecule has 0 aliphatic carbocycles. The second kappa shape index (κ2) is 9.37. The van der Waals surface area contributed by atoms with Crippen molar-refractivity contribution in [1.29, 1.82) is 0 Å². The third kappa shape index (κ3) is 5.67. The Balaban J connectivity index is 1.97. The van der Waals surface area contributed by atoms with Crippen LogP contribution in [-0.4, -0.2) is 44.2 Å². The van der Waals surface area contributed by atoms with Crippen LogP contribution in [0.3, 0.4) is 0 Å². The van der Waals surface area contributed by atoms with E-state index in [0.717, 1.165) is 0 Å². The topological polar surface area (TPSA) is 95.6 Å². The number of nitrogens with zero attached hydrogens (tertiary/aromatic N) is 1. The predicted molar refractivity (Wildman–Crippen MR) is 112 cm³/mol. The molecule has 8 heteroatoms. The minimum Gasteiger partial charge on any atom is -0.343 e. The van der Waals surface area contributed by atoms with Crippen LogP contribution in [0.1, 0.15) is 29.8 Å².